The predicted octanol–water partition coefficient (Wildman–Crippen LogP) is 3.82. The Labute approximate surface area is 157 Å². The molecule has 6 heteroatoms. The number of hydrogen-bond donors (Lipinski definition) is 2. The summed E-state index contributed by atoms with van der Waals surface area (Å²) in [5.74, 6) is 1.20. The van der Waals surface area contributed by atoms with Crippen molar-refractivity contribution in [2.45, 2.75) is 13.0 Å². The highest BCUT2D eigenvalue weighted by molar-refractivity contribution is 5.86. The first-order valence-corrected chi connectivity index (χ1v) is 8.53. The number of ether oxygens (including phenoxy) is 1. The summed E-state index contributed by atoms with van der Waals surface area (Å²) in [7, 11) is 0. The lowest BCUT2D eigenvalue weighted by atomic mass is 10.2. The number of amides is 1. The zero-order chi connectivity index (χ0) is 18.9. The number of rotatable bonds is 7. The molecule has 0 saturated heterocycles. The lowest BCUT2D eigenvalue weighted by Crippen LogP contribution is -2.34. The Morgan fingerprint density at radius 2 is 1.78 bits per heavy atom. The average molecular weight is 360 g/mol. The number of hydrogen-bond acceptors (Lipinski definition) is 5. The fraction of sp³-hybridized carbons (Fsp3) is 0.0952. The number of aromatic nitrogens is 1. The first kappa shape index (κ1) is 18.1. The molecule has 0 aliphatic carbocycles. The third-order valence-electron chi connectivity index (χ3n) is 3.68. The molecule has 3 aromatic rings. The van der Waals surface area contributed by atoms with Crippen LogP contribution in [0.5, 0.6) is 11.5 Å². The van der Waals surface area contributed by atoms with Crippen LogP contribution in [0.15, 0.2) is 84.2 Å². The van der Waals surface area contributed by atoms with Crippen LogP contribution in [0.25, 0.3) is 0 Å². The summed E-state index contributed by atoms with van der Waals surface area (Å²) in [6, 6.07) is 20.1. The van der Waals surface area contributed by atoms with E-state index in [0.29, 0.717) is 5.75 Å². The Morgan fingerprint density at radius 3 is 2.56 bits per heavy atom. The van der Waals surface area contributed by atoms with Gasteiger partial charge in [0, 0.05) is 24.1 Å². The highest BCUT2D eigenvalue weighted by atomic mass is 16.5. The van der Waals surface area contributed by atoms with Crippen molar-refractivity contribution in [1.82, 2.24) is 10.4 Å². The maximum atomic E-state index is 12.2. The lowest BCUT2D eigenvalue weighted by molar-refractivity contribution is -0.121. The van der Waals surface area contributed by atoms with Crippen molar-refractivity contribution in [3.8, 4) is 11.5 Å². The molecular weight excluding hydrogens is 340 g/mol. The van der Waals surface area contributed by atoms with Gasteiger partial charge in [-0.3, -0.25) is 9.78 Å². The molecule has 1 unspecified atom stereocenters. The van der Waals surface area contributed by atoms with E-state index in [2.05, 4.69) is 20.8 Å². The Bertz CT molecular complexity index is 898. The second kappa shape index (κ2) is 9.15. The minimum atomic E-state index is -0.466. The first-order valence-electron chi connectivity index (χ1n) is 8.53. The number of carbonyl (C=O) groups is 1. The molecule has 0 saturated carbocycles. The zero-order valence-electron chi connectivity index (χ0n) is 14.9. The summed E-state index contributed by atoms with van der Waals surface area (Å²) in [5, 5.41) is 7.10. The molecule has 1 aromatic heterocycles. The average Bonchev–Trinajstić information content (AvgIpc) is 2.70. The van der Waals surface area contributed by atoms with Gasteiger partial charge in [0.25, 0.3) is 5.91 Å². The summed E-state index contributed by atoms with van der Waals surface area (Å²) < 4.78 is 5.81. The molecule has 0 fully saturated rings. The summed E-state index contributed by atoms with van der Waals surface area (Å²) in [4.78, 5) is 16.1. The van der Waals surface area contributed by atoms with Crippen LogP contribution < -0.4 is 15.5 Å². The molecular formula is C21H20N4O2. The van der Waals surface area contributed by atoms with E-state index in [4.69, 9.17) is 4.74 Å². The van der Waals surface area contributed by atoms with Crippen molar-refractivity contribution >= 4 is 17.8 Å². The van der Waals surface area contributed by atoms with E-state index < -0.39 is 6.04 Å². The molecule has 1 heterocycles. The fourth-order valence-electron chi connectivity index (χ4n) is 2.31. The molecule has 0 radical (unpaired) electrons. The normalized spacial score (nSPS) is 11.7. The van der Waals surface area contributed by atoms with Crippen molar-refractivity contribution in [3.05, 3.63) is 84.7 Å². The smallest absolute Gasteiger partial charge is 0.262 e. The van der Waals surface area contributed by atoms with E-state index in [1.165, 1.54) is 0 Å². The molecule has 0 aliphatic heterocycles. The summed E-state index contributed by atoms with van der Waals surface area (Å²) >= 11 is 0. The number of benzene rings is 2. The van der Waals surface area contributed by atoms with Gasteiger partial charge in [0.05, 0.1) is 6.21 Å². The van der Waals surface area contributed by atoms with Gasteiger partial charge in [0.15, 0.2) is 0 Å². The fourth-order valence-corrected chi connectivity index (χ4v) is 2.31. The molecule has 0 aliphatic rings. The van der Waals surface area contributed by atoms with E-state index in [1.807, 2.05) is 54.6 Å². The van der Waals surface area contributed by atoms with E-state index in [9.17, 15) is 4.79 Å². The molecule has 6 nitrogen and oxygen atoms in total. The van der Waals surface area contributed by atoms with Gasteiger partial charge in [-0.15, -0.1) is 0 Å². The molecule has 136 valence electrons. The Balaban J connectivity index is 1.55. The van der Waals surface area contributed by atoms with Crippen LogP contribution in [0.4, 0.5) is 5.69 Å². The van der Waals surface area contributed by atoms with Crippen molar-refractivity contribution in [1.29, 1.82) is 0 Å². The van der Waals surface area contributed by atoms with Gasteiger partial charge < -0.3 is 10.1 Å². The molecule has 1 amide bonds. The minimum Gasteiger partial charge on any atom is -0.457 e. The Kier molecular flexibility index (Phi) is 6.14. The third kappa shape index (κ3) is 5.67. The van der Waals surface area contributed by atoms with Crippen LogP contribution >= 0.6 is 0 Å². The van der Waals surface area contributed by atoms with E-state index in [0.717, 1.165) is 17.0 Å². The largest absolute Gasteiger partial charge is 0.457 e. The number of carbonyl (C=O) groups excluding carboxylic acids is 1. The lowest BCUT2D eigenvalue weighted by Gasteiger charge is -2.14. The van der Waals surface area contributed by atoms with Gasteiger partial charge in [0.2, 0.25) is 0 Å². The van der Waals surface area contributed by atoms with Crippen molar-refractivity contribution in [2.24, 2.45) is 5.10 Å². The molecule has 27 heavy (non-hydrogen) atoms. The standard InChI is InChI=1S/C21H20N4O2/c1-16(21(26)25-23-15-17-10-12-22-13-11-17)24-18-6-5-9-20(14-18)27-19-7-3-2-4-8-19/h2-16,24H,1H3,(H,25,26)/b23-15+. The van der Waals surface area contributed by atoms with Gasteiger partial charge in [-0.2, -0.15) is 5.10 Å². The third-order valence-corrected chi connectivity index (χ3v) is 3.68. The summed E-state index contributed by atoms with van der Waals surface area (Å²) in [6.07, 6.45) is 4.90. The number of anilines is 1. The highest BCUT2D eigenvalue weighted by Gasteiger charge is 2.12. The van der Waals surface area contributed by atoms with Crippen LogP contribution in [-0.2, 0) is 4.79 Å². The summed E-state index contributed by atoms with van der Waals surface area (Å²) in [6.45, 7) is 1.77. The van der Waals surface area contributed by atoms with Crippen molar-refractivity contribution in [3.63, 3.8) is 0 Å². The first-order chi connectivity index (χ1) is 13.2. The number of para-hydroxylation sites is 1. The van der Waals surface area contributed by atoms with Gasteiger partial charge in [-0.05, 0) is 48.9 Å². The Hall–Kier alpha value is -3.67. The zero-order valence-corrected chi connectivity index (χ0v) is 14.9. The van der Waals surface area contributed by atoms with Gasteiger partial charge in [-0.1, -0.05) is 24.3 Å². The predicted molar refractivity (Wildman–Crippen MR) is 106 cm³/mol. The monoisotopic (exact) mass is 360 g/mol. The van der Waals surface area contributed by atoms with Crippen LogP contribution in [0, 0.1) is 0 Å². The second-order valence-corrected chi connectivity index (χ2v) is 5.82. The van der Waals surface area contributed by atoms with Crippen LogP contribution in [0.3, 0.4) is 0 Å². The molecule has 1 atom stereocenters. The number of pyridine rings is 1. The highest BCUT2D eigenvalue weighted by Crippen LogP contribution is 2.24. The topological polar surface area (TPSA) is 75.6 Å². The van der Waals surface area contributed by atoms with E-state index in [1.54, 1.807) is 37.7 Å². The van der Waals surface area contributed by atoms with Crippen LogP contribution in [0.1, 0.15) is 12.5 Å². The minimum absolute atomic E-state index is 0.241. The molecule has 0 bridgehead atoms. The SMILES string of the molecule is CC(Nc1cccc(Oc2ccccc2)c1)C(=O)N/N=C/c1ccncc1. The van der Waals surface area contributed by atoms with Gasteiger partial charge in [0.1, 0.15) is 17.5 Å². The maximum absolute atomic E-state index is 12.2. The summed E-state index contributed by atoms with van der Waals surface area (Å²) in [5.41, 5.74) is 4.16. The van der Waals surface area contributed by atoms with Gasteiger partial charge in [-0.25, -0.2) is 5.43 Å². The van der Waals surface area contributed by atoms with E-state index in [-0.39, 0.29) is 5.91 Å². The quantitative estimate of drug-likeness (QED) is 0.496. The number of nitrogens with one attached hydrogen (secondary N) is 2. The number of nitrogens with zero attached hydrogens (tertiary/aromatic N) is 2. The van der Waals surface area contributed by atoms with Crippen molar-refractivity contribution < 1.29 is 9.53 Å². The molecule has 2 N–H and O–H groups in total. The molecule has 3 rings (SSSR count). The number of hydrazone groups is 1. The van der Waals surface area contributed by atoms with Crippen LogP contribution in [0.2, 0.25) is 0 Å². The maximum Gasteiger partial charge on any atom is 0.262 e. The Morgan fingerprint density at radius 1 is 1.04 bits per heavy atom. The molecule has 2 aromatic carbocycles. The molecule has 0 spiro atoms. The second-order valence-electron chi connectivity index (χ2n) is 5.82. The van der Waals surface area contributed by atoms with Crippen LogP contribution in [-0.4, -0.2) is 23.1 Å². The van der Waals surface area contributed by atoms with Crippen molar-refractivity contribution in [2.75, 3.05) is 5.32 Å². The van der Waals surface area contributed by atoms with Gasteiger partial charge >= 0.3 is 0 Å². The van der Waals surface area contributed by atoms with E-state index >= 15 is 0 Å².